The quantitative estimate of drug-likeness (QED) is 0.277. The van der Waals surface area contributed by atoms with Crippen LogP contribution in [0.1, 0.15) is 47.5 Å². The van der Waals surface area contributed by atoms with Gasteiger partial charge in [0.1, 0.15) is 0 Å². The molecule has 1 aromatic carbocycles. The number of aliphatic imine (C=N–C) groups is 1. The van der Waals surface area contributed by atoms with Crippen molar-refractivity contribution in [3.05, 3.63) is 51.5 Å². The lowest BCUT2D eigenvalue weighted by atomic mass is 10.1. The number of hydrogen-bond acceptors (Lipinski definition) is 4. The van der Waals surface area contributed by atoms with Crippen LogP contribution >= 0.6 is 35.3 Å². The number of thiazole rings is 1. The summed E-state index contributed by atoms with van der Waals surface area (Å²) in [7, 11) is 0. The Balaban J connectivity index is 0.00000364. The van der Waals surface area contributed by atoms with Crippen LogP contribution in [-0.2, 0) is 12.8 Å². The zero-order valence-corrected chi connectivity index (χ0v) is 19.5. The zero-order chi connectivity index (χ0) is 18.8. The van der Waals surface area contributed by atoms with Crippen LogP contribution in [0, 0.1) is 6.92 Å². The van der Waals surface area contributed by atoms with Crippen LogP contribution in [0.2, 0.25) is 0 Å². The second-order valence-corrected chi connectivity index (χ2v) is 7.40. The van der Waals surface area contributed by atoms with E-state index < -0.39 is 6.10 Å². The number of aliphatic hydroxyl groups is 1. The maximum absolute atomic E-state index is 10.2. The van der Waals surface area contributed by atoms with Crippen molar-refractivity contribution in [3.8, 4) is 0 Å². The van der Waals surface area contributed by atoms with Gasteiger partial charge in [-0.15, -0.1) is 35.3 Å². The Hall–Kier alpha value is -1.19. The maximum Gasteiger partial charge on any atom is 0.191 e. The van der Waals surface area contributed by atoms with E-state index in [0.717, 1.165) is 37.5 Å². The van der Waals surface area contributed by atoms with Crippen LogP contribution in [-0.4, -0.2) is 35.7 Å². The first kappa shape index (κ1) is 23.8. The van der Waals surface area contributed by atoms with Crippen molar-refractivity contribution < 1.29 is 5.11 Å². The molecule has 1 heterocycles. The van der Waals surface area contributed by atoms with E-state index in [1.165, 1.54) is 15.6 Å². The minimum atomic E-state index is -0.478. The molecule has 7 heteroatoms. The fraction of sp³-hybridized carbons (Fsp3) is 0.500. The number of nitrogens with one attached hydrogen (secondary N) is 2. The molecule has 0 saturated heterocycles. The van der Waals surface area contributed by atoms with E-state index in [9.17, 15) is 5.11 Å². The van der Waals surface area contributed by atoms with E-state index in [1.54, 1.807) is 11.3 Å². The highest BCUT2D eigenvalue weighted by atomic mass is 127. The first-order valence-corrected chi connectivity index (χ1v) is 10.2. The van der Waals surface area contributed by atoms with Gasteiger partial charge in [0.15, 0.2) is 5.96 Å². The van der Waals surface area contributed by atoms with Crippen molar-refractivity contribution >= 4 is 41.3 Å². The third kappa shape index (κ3) is 8.15. The molecule has 0 spiro atoms. The van der Waals surface area contributed by atoms with E-state index in [1.807, 2.05) is 37.3 Å². The summed E-state index contributed by atoms with van der Waals surface area (Å²) in [4.78, 5) is 10.6. The number of aliphatic hydroxyl groups excluding tert-OH is 1. The highest BCUT2D eigenvalue weighted by Crippen LogP contribution is 2.18. The number of halogens is 1. The van der Waals surface area contributed by atoms with E-state index in [-0.39, 0.29) is 24.0 Å². The van der Waals surface area contributed by atoms with Gasteiger partial charge in [0.2, 0.25) is 0 Å². The lowest BCUT2D eigenvalue weighted by molar-refractivity contribution is 0.170. The van der Waals surface area contributed by atoms with Gasteiger partial charge in [0.05, 0.1) is 16.8 Å². The Bertz CT molecular complexity index is 691. The van der Waals surface area contributed by atoms with Crippen LogP contribution in [0.25, 0.3) is 0 Å². The summed E-state index contributed by atoms with van der Waals surface area (Å²) in [6.07, 6.45) is 2.01. The highest BCUT2D eigenvalue weighted by Gasteiger charge is 2.08. The molecule has 2 aromatic rings. The number of benzene rings is 1. The van der Waals surface area contributed by atoms with Crippen LogP contribution in [0.5, 0.6) is 0 Å². The molecule has 5 nitrogen and oxygen atoms in total. The maximum atomic E-state index is 10.2. The van der Waals surface area contributed by atoms with Gasteiger partial charge in [-0.05, 0) is 32.3 Å². The minimum absolute atomic E-state index is 0. The number of guanidine groups is 1. The van der Waals surface area contributed by atoms with Crippen LogP contribution in [0.15, 0.2) is 35.3 Å². The number of nitrogens with zero attached hydrogens (tertiary/aromatic N) is 2. The first-order chi connectivity index (χ1) is 12.6. The van der Waals surface area contributed by atoms with Crippen molar-refractivity contribution in [2.24, 2.45) is 4.99 Å². The molecule has 1 atom stereocenters. The van der Waals surface area contributed by atoms with E-state index in [0.29, 0.717) is 13.0 Å². The fourth-order valence-corrected chi connectivity index (χ4v) is 3.71. The second-order valence-electron chi connectivity index (χ2n) is 6.12. The van der Waals surface area contributed by atoms with Crippen LogP contribution in [0.4, 0.5) is 0 Å². The van der Waals surface area contributed by atoms with Crippen molar-refractivity contribution in [1.82, 2.24) is 15.6 Å². The summed E-state index contributed by atoms with van der Waals surface area (Å²) in [6, 6.07) is 9.72. The predicted molar refractivity (Wildman–Crippen MR) is 125 cm³/mol. The van der Waals surface area contributed by atoms with Crippen molar-refractivity contribution in [1.29, 1.82) is 0 Å². The molecular weight excluding hydrogens is 471 g/mol. The summed E-state index contributed by atoms with van der Waals surface area (Å²) in [6.45, 7) is 8.50. The zero-order valence-electron chi connectivity index (χ0n) is 16.4. The summed E-state index contributed by atoms with van der Waals surface area (Å²) < 4.78 is 0. The third-order valence-electron chi connectivity index (χ3n) is 4.10. The smallest absolute Gasteiger partial charge is 0.191 e. The van der Waals surface area contributed by atoms with Crippen molar-refractivity contribution in [2.75, 3.05) is 19.6 Å². The summed E-state index contributed by atoms with van der Waals surface area (Å²) in [5.41, 5.74) is 2.15. The molecule has 1 aromatic heterocycles. The molecule has 1 unspecified atom stereocenters. The van der Waals surface area contributed by atoms with Gasteiger partial charge in [-0.25, -0.2) is 4.98 Å². The molecule has 0 saturated carbocycles. The number of aryl methyl sites for hydroxylation is 2. The molecule has 0 aliphatic carbocycles. The Morgan fingerprint density at radius 3 is 2.59 bits per heavy atom. The van der Waals surface area contributed by atoms with Gasteiger partial charge < -0.3 is 15.7 Å². The number of aromatic nitrogens is 1. The Labute approximate surface area is 183 Å². The van der Waals surface area contributed by atoms with Gasteiger partial charge in [0, 0.05) is 30.9 Å². The topological polar surface area (TPSA) is 69.5 Å². The largest absolute Gasteiger partial charge is 0.388 e. The summed E-state index contributed by atoms with van der Waals surface area (Å²) >= 11 is 1.78. The normalized spacial score (nSPS) is 12.4. The average molecular weight is 502 g/mol. The molecule has 2 rings (SSSR count). The van der Waals surface area contributed by atoms with Gasteiger partial charge in [-0.2, -0.15) is 0 Å². The predicted octanol–water partition coefficient (Wildman–Crippen LogP) is 3.85. The lowest BCUT2D eigenvalue weighted by Gasteiger charge is -2.12. The molecule has 0 bridgehead atoms. The Morgan fingerprint density at radius 1 is 1.22 bits per heavy atom. The highest BCUT2D eigenvalue weighted by molar-refractivity contribution is 14.0. The van der Waals surface area contributed by atoms with Gasteiger partial charge >= 0.3 is 0 Å². The summed E-state index contributed by atoms with van der Waals surface area (Å²) in [5.74, 6) is 0.789. The van der Waals surface area contributed by atoms with Gasteiger partial charge in [-0.1, -0.05) is 37.3 Å². The van der Waals surface area contributed by atoms with Gasteiger partial charge in [-0.3, -0.25) is 4.99 Å². The van der Waals surface area contributed by atoms with E-state index in [2.05, 4.69) is 34.5 Å². The molecule has 27 heavy (non-hydrogen) atoms. The minimum Gasteiger partial charge on any atom is -0.388 e. The number of rotatable bonds is 9. The lowest BCUT2D eigenvalue weighted by Crippen LogP contribution is -2.38. The first-order valence-electron chi connectivity index (χ1n) is 9.34. The van der Waals surface area contributed by atoms with E-state index >= 15 is 0 Å². The fourth-order valence-electron chi connectivity index (χ4n) is 2.69. The van der Waals surface area contributed by atoms with Crippen LogP contribution in [0.3, 0.4) is 0 Å². The molecule has 150 valence electrons. The summed E-state index contributed by atoms with van der Waals surface area (Å²) in [5, 5.41) is 18.0. The number of hydrogen-bond donors (Lipinski definition) is 3. The molecule has 0 amide bonds. The monoisotopic (exact) mass is 502 g/mol. The van der Waals surface area contributed by atoms with E-state index in [4.69, 9.17) is 0 Å². The van der Waals surface area contributed by atoms with Crippen molar-refractivity contribution in [2.45, 2.75) is 46.1 Å². The molecule has 0 aliphatic heterocycles. The average Bonchev–Trinajstić information content (AvgIpc) is 3.02. The van der Waals surface area contributed by atoms with Crippen LogP contribution < -0.4 is 10.6 Å². The Kier molecular flexibility index (Phi) is 11.5. The standard InChI is InChI=1S/C20H30N4OS.HI/c1-4-17-15(3)26-19(24-17)12-14-23-20(21-5-2)22-13-11-18(25)16-9-7-6-8-10-16;/h6-10,18,25H,4-5,11-14H2,1-3H3,(H2,21,22,23);1H. The molecule has 3 N–H and O–H groups in total. The third-order valence-corrected chi connectivity index (χ3v) is 5.18. The molecular formula is C20H31IN4OS. The molecule has 0 aliphatic rings. The molecule has 0 radical (unpaired) electrons. The van der Waals surface area contributed by atoms with Gasteiger partial charge in [0.25, 0.3) is 0 Å². The van der Waals surface area contributed by atoms with Crippen molar-refractivity contribution in [3.63, 3.8) is 0 Å². The second kappa shape index (κ2) is 13.1. The Morgan fingerprint density at radius 2 is 1.96 bits per heavy atom. The molecule has 0 fully saturated rings. The SMILES string of the molecule is CCNC(=NCCC(O)c1ccccc1)NCCc1nc(CC)c(C)s1.I.